The zero-order valence-corrected chi connectivity index (χ0v) is 8.40. The lowest BCUT2D eigenvalue weighted by Gasteiger charge is -1.99. The number of hydrogen-bond acceptors (Lipinski definition) is 3. The van der Waals surface area contributed by atoms with Crippen molar-refractivity contribution < 1.29 is 4.79 Å². The number of H-pyrrole nitrogens is 1. The zero-order valence-electron chi connectivity index (χ0n) is 8.40. The van der Waals surface area contributed by atoms with Crippen LogP contribution in [0.25, 0.3) is 11.4 Å². The van der Waals surface area contributed by atoms with E-state index in [-0.39, 0.29) is 12.2 Å². The number of nitrogens with one attached hydrogen (secondary N) is 1. The summed E-state index contributed by atoms with van der Waals surface area (Å²) in [4.78, 5) is 22.3. The Balaban J connectivity index is 2.31. The van der Waals surface area contributed by atoms with Crippen molar-refractivity contribution in [1.82, 2.24) is 15.0 Å². The lowest BCUT2D eigenvalue weighted by molar-refractivity contribution is -0.116. The summed E-state index contributed by atoms with van der Waals surface area (Å²) in [5.74, 6) is 0.633. The maximum absolute atomic E-state index is 10.9. The van der Waals surface area contributed by atoms with E-state index in [2.05, 4.69) is 15.0 Å². The molecule has 0 aliphatic carbocycles. The third-order valence-corrected chi connectivity index (χ3v) is 1.99. The predicted molar refractivity (Wildman–Crippen MR) is 56.2 cm³/mol. The molecule has 0 aromatic carbocycles. The first-order valence-corrected chi connectivity index (χ1v) is 4.71. The average Bonchev–Trinajstić information content (AvgIpc) is 2.69. The van der Waals surface area contributed by atoms with Gasteiger partial charge >= 0.3 is 0 Å². The molecule has 1 N–H and O–H groups in total. The molecule has 0 amide bonds. The average molecular weight is 201 g/mol. The standard InChI is InChI=1S/C11H11N3O/c1-8(15)7-11-13-6-4-10(14-11)9-3-2-5-12-9/h2-6,12H,7H2,1H3. The highest BCUT2D eigenvalue weighted by Gasteiger charge is 2.04. The maximum atomic E-state index is 10.9. The molecule has 0 unspecified atom stereocenters. The molecule has 0 spiro atoms. The molecule has 0 saturated carbocycles. The minimum absolute atomic E-state index is 0.0682. The fourth-order valence-corrected chi connectivity index (χ4v) is 1.35. The number of aromatic nitrogens is 3. The second kappa shape index (κ2) is 4.04. The van der Waals surface area contributed by atoms with Gasteiger partial charge in [-0.1, -0.05) is 0 Å². The van der Waals surface area contributed by atoms with Gasteiger partial charge in [0, 0.05) is 12.4 Å². The van der Waals surface area contributed by atoms with Crippen molar-refractivity contribution in [2.75, 3.05) is 0 Å². The van der Waals surface area contributed by atoms with Crippen LogP contribution in [0.15, 0.2) is 30.6 Å². The SMILES string of the molecule is CC(=O)Cc1nccc(-c2ccc[nH]2)n1. The van der Waals surface area contributed by atoms with Crippen LogP contribution in [0, 0.1) is 0 Å². The molecular formula is C11H11N3O. The number of ketones is 1. The molecule has 2 aromatic heterocycles. The number of hydrogen-bond donors (Lipinski definition) is 1. The number of nitrogens with zero attached hydrogens (tertiary/aromatic N) is 2. The Hall–Kier alpha value is -1.97. The van der Waals surface area contributed by atoms with E-state index in [1.54, 1.807) is 6.20 Å². The van der Waals surface area contributed by atoms with Crippen molar-refractivity contribution in [1.29, 1.82) is 0 Å². The van der Waals surface area contributed by atoms with Crippen LogP contribution >= 0.6 is 0 Å². The maximum Gasteiger partial charge on any atom is 0.137 e. The largest absolute Gasteiger partial charge is 0.360 e. The third-order valence-electron chi connectivity index (χ3n) is 1.99. The summed E-state index contributed by atoms with van der Waals surface area (Å²) < 4.78 is 0. The summed E-state index contributed by atoms with van der Waals surface area (Å²) in [6.45, 7) is 1.53. The molecule has 0 radical (unpaired) electrons. The zero-order chi connectivity index (χ0) is 10.7. The van der Waals surface area contributed by atoms with Crippen LogP contribution in [0.5, 0.6) is 0 Å². The molecule has 2 heterocycles. The van der Waals surface area contributed by atoms with Gasteiger partial charge in [0.1, 0.15) is 11.6 Å². The molecular weight excluding hydrogens is 190 g/mol. The van der Waals surface area contributed by atoms with E-state index in [0.717, 1.165) is 11.4 Å². The van der Waals surface area contributed by atoms with E-state index in [0.29, 0.717) is 5.82 Å². The van der Waals surface area contributed by atoms with Crippen LogP contribution in [0.3, 0.4) is 0 Å². The van der Waals surface area contributed by atoms with Crippen LogP contribution < -0.4 is 0 Å². The van der Waals surface area contributed by atoms with Crippen molar-refractivity contribution in [2.24, 2.45) is 0 Å². The van der Waals surface area contributed by atoms with E-state index < -0.39 is 0 Å². The molecule has 0 atom stereocenters. The topological polar surface area (TPSA) is 58.6 Å². The third kappa shape index (κ3) is 2.28. The van der Waals surface area contributed by atoms with E-state index in [1.807, 2.05) is 24.4 Å². The summed E-state index contributed by atoms with van der Waals surface area (Å²) >= 11 is 0. The minimum atomic E-state index is 0.0682. The molecule has 15 heavy (non-hydrogen) atoms. The van der Waals surface area contributed by atoms with Crippen molar-refractivity contribution in [3.63, 3.8) is 0 Å². The van der Waals surface area contributed by atoms with Crippen LogP contribution in [0.4, 0.5) is 0 Å². The summed E-state index contributed by atoms with van der Waals surface area (Å²) in [5.41, 5.74) is 1.74. The summed E-state index contributed by atoms with van der Waals surface area (Å²) in [5, 5.41) is 0. The molecule has 4 nitrogen and oxygen atoms in total. The van der Waals surface area contributed by atoms with Crippen LogP contribution in [-0.4, -0.2) is 20.7 Å². The Morgan fingerprint density at radius 3 is 3.00 bits per heavy atom. The van der Waals surface area contributed by atoms with Gasteiger partial charge in [-0.25, -0.2) is 9.97 Å². The quantitative estimate of drug-likeness (QED) is 0.820. The van der Waals surface area contributed by atoms with Gasteiger partial charge in [0.15, 0.2) is 0 Å². The number of carbonyl (C=O) groups is 1. The Kier molecular flexibility index (Phi) is 2.58. The summed E-state index contributed by atoms with van der Waals surface area (Å²) in [7, 11) is 0. The molecule has 2 aromatic rings. The van der Waals surface area contributed by atoms with Crippen LogP contribution in [-0.2, 0) is 11.2 Å². The van der Waals surface area contributed by atoms with Gasteiger partial charge in [-0.15, -0.1) is 0 Å². The predicted octanol–water partition coefficient (Wildman–Crippen LogP) is 1.60. The Morgan fingerprint density at radius 2 is 2.33 bits per heavy atom. The van der Waals surface area contributed by atoms with E-state index in [1.165, 1.54) is 6.92 Å². The summed E-state index contributed by atoms with van der Waals surface area (Å²) in [6.07, 6.45) is 3.79. The molecule has 2 rings (SSSR count). The van der Waals surface area contributed by atoms with Gasteiger partial charge in [-0.05, 0) is 25.1 Å². The fraction of sp³-hybridized carbons (Fsp3) is 0.182. The molecule has 0 aliphatic heterocycles. The first-order valence-electron chi connectivity index (χ1n) is 4.71. The van der Waals surface area contributed by atoms with Gasteiger partial charge in [0.2, 0.25) is 0 Å². The highest BCUT2D eigenvalue weighted by Crippen LogP contribution is 2.13. The van der Waals surface area contributed by atoms with Gasteiger partial charge < -0.3 is 4.98 Å². The Labute approximate surface area is 87.4 Å². The van der Waals surface area contributed by atoms with Crippen LogP contribution in [0.2, 0.25) is 0 Å². The Bertz CT molecular complexity index is 462. The highest BCUT2D eigenvalue weighted by atomic mass is 16.1. The van der Waals surface area contributed by atoms with E-state index >= 15 is 0 Å². The number of rotatable bonds is 3. The van der Waals surface area contributed by atoms with Gasteiger partial charge in [0.05, 0.1) is 17.8 Å². The molecule has 0 fully saturated rings. The fourth-order valence-electron chi connectivity index (χ4n) is 1.35. The van der Waals surface area contributed by atoms with E-state index in [9.17, 15) is 4.79 Å². The van der Waals surface area contributed by atoms with Crippen molar-refractivity contribution in [2.45, 2.75) is 13.3 Å². The number of Topliss-reactive ketones (excluding diaryl/α,β-unsaturated/α-hetero) is 1. The van der Waals surface area contributed by atoms with E-state index in [4.69, 9.17) is 0 Å². The molecule has 0 bridgehead atoms. The smallest absolute Gasteiger partial charge is 0.137 e. The summed E-state index contributed by atoms with van der Waals surface area (Å²) in [6, 6.07) is 5.65. The highest BCUT2D eigenvalue weighted by molar-refractivity contribution is 5.77. The minimum Gasteiger partial charge on any atom is -0.360 e. The van der Waals surface area contributed by atoms with Crippen molar-refractivity contribution >= 4 is 5.78 Å². The van der Waals surface area contributed by atoms with Crippen molar-refractivity contribution in [3.8, 4) is 11.4 Å². The van der Waals surface area contributed by atoms with Crippen molar-refractivity contribution in [3.05, 3.63) is 36.4 Å². The molecule has 0 saturated heterocycles. The monoisotopic (exact) mass is 201 g/mol. The second-order valence-electron chi connectivity index (χ2n) is 3.32. The van der Waals surface area contributed by atoms with Gasteiger partial charge in [-0.2, -0.15) is 0 Å². The lowest BCUT2D eigenvalue weighted by Crippen LogP contribution is -2.02. The van der Waals surface area contributed by atoms with Crippen LogP contribution in [0.1, 0.15) is 12.7 Å². The first-order chi connectivity index (χ1) is 7.25. The number of carbonyl (C=O) groups excluding carboxylic acids is 1. The number of aromatic amines is 1. The van der Waals surface area contributed by atoms with Gasteiger partial charge in [-0.3, -0.25) is 4.79 Å². The molecule has 4 heteroatoms. The Morgan fingerprint density at radius 1 is 1.47 bits per heavy atom. The lowest BCUT2D eigenvalue weighted by atomic mass is 10.2. The second-order valence-corrected chi connectivity index (χ2v) is 3.32. The molecule has 0 aliphatic rings. The normalized spacial score (nSPS) is 10.2. The first kappa shape index (κ1) is 9.58. The molecule has 76 valence electrons. The van der Waals surface area contributed by atoms with Gasteiger partial charge in [0.25, 0.3) is 0 Å².